The topological polar surface area (TPSA) is 21.3 Å². The van der Waals surface area contributed by atoms with Crippen LogP contribution in [0.1, 0.15) is 38.2 Å². The molecule has 2 nitrogen and oxygen atoms in total. The average Bonchev–Trinajstić information content (AvgIpc) is 2.36. The smallest absolute Gasteiger partial charge is 0.123 e. The highest BCUT2D eigenvalue weighted by molar-refractivity contribution is 5.20. The molecule has 1 N–H and O–H groups in total. The summed E-state index contributed by atoms with van der Waals surface area (Å²) >= 11 is 0. The van der Waals surface area contributed by atoms with Gasteiger partial charge in [-0.2, -0.15) is 0 Å². The normalized spacial score (nSPS) is 13.6. The molecule has 0 spiro atoms. The Bertz CT molecular complexity index is 348. The molecule has 1 unspecified atom stereocenters. The maximum atomic E-state index is 12.9. The highest BCUT2D eigenvalue weighted by Gasteiger charge is 2.20. The molecule has 0 bridgehead atoms. The van der Waals surface area contributed by atoms with Crippen LogP contribution < -0.4 is 5.32 Å². The van der Waals surface area contributed by atoms with E-state index in [4.69, 9.17) is 4.74 Å². The van der Waals surface area contributed by atoms with Crippen LogP contribution in [0.15, 0.2) is 24.3 Å². The minimum Gasteiger partial charge on any atom is -0.379 e. The summed E-state index contributed by atoms with van der Waals surface area (Å²) < 4.78 is 18.4. The largest absolute Gasteiger partial charge is 0.379 e. The molecule has 0 aliphatic carbocycles. The number of ether oxygens (including phenoxy) is 1. The van der Waals surface area contributed by atoms with Crippen molar-refractivity contribution in [2.75, 3.05) is 20.7 Å². The Morgan fingerprint density at radius 3 is 2.39 bits per heavy atom. The van der Waals surface area contributed by atoms with Gasteiger partial charge in [0, 0.05) is 13.7 Å². The Hall–Kier alpha value is -0.930. The number of methoxy groups -OCH3 is 1. The Morgan fingerprint density at radius 2 is 1.89 bits per heavy atom. The number of rotatable bonds is 7. The Kier molecular flexibility index (Phi) is 5.76. The standard InChI is InChI=1S/C15H24FNO/c1-15(2,18-4)10-9-13(11-17-3)12-5-7-14(16)8-6-12/h5-8,13,17H,9-11H2,1-4H3. The second-order valence-electron chi connectivity index (χ2n) is 5.31. The Morgan fingerprint density at radius 1 is 1.28 bits per heavy atom. The number of halogens is 1. The molecule has 3 heteroatoms. The minimum atomic E-state index is -0.181. The molecule has 0 heterocycles. The summed E-state index contributed by atoms with van der Waals surface area (Å²) in [5.41, 5.74) is 1.07. The maximum Gasteiger partial charge on any atom is 0.123 e. The summed E-state index contributed by atoms with van der Waals surface area (Å²) in [5, 5.41) is 3.20. The molecule has 0 fully saturated rings. The third-order valence-electron chi connectivity index (χ3n) is 3.44. The lowest BCUT2D eigenvalue weighted by molar-refractivity contribution is 0.0124. The van der Waals surface area contributed by atoms with E-state index >= 15 is 0 Å². The Balaban J connectivity index is 2.68. The molecule has 0 aliphatic heterocycles. The van der Waals surface area contributed by atoms with E-state index in [2.05, 4.69) is 19.2 Å². The zero-order valence-electron chi connectivity index (χ0n) is 11.8. The molecule has 0 saturated carbocycles. The van der Waals surface area contributed by atoms with Crippen molar-refractivity contribution in [2.24, 2.45) is 0 Å². The third kappa shape index (κ3) is 4.75. The molecular weight excluding hydrogens is 229 g/mol. The fourth-order valence-corrected chi connectivity index (χ4v) is 1.99. The van der Waals surface area contributed by atoms with E-state index in [1.165, 1.54) is 17.7 Å². The van der Waals surface area contributed by atoms with Crippen LogP contribution >= 0.6 is 0 Å². The van der Waals surface area contributed by atoms with Gasteiger partial charge in [0.25, 0.3) is 0 Å². The molecule has 1 rings (SSSR count). The van der Waals surface area contributed by atoms with Crippen LogP contribution in [0.4, 0.5) is 4.39 Å². The number of hydrogen-bond acceptors (Lipinski definition) is 2. The predicted molar refractivity (Wildman–Crippen MR) is 73.4 cm³/mol. The molecular formula is C15H24FNO. The van der Waals surface area contributed by atoms with E-state index in [-0.39, 0.29) is 11.4 Å². The van der Waals surface area contributed by atoms with Crippen molar-refractivity contribution in [3.05, 3.63) is 35.6 Å². The van der Waals surface area contributed by atoms with Crippen molar-refractivity contribution < 1.29 is 9.13 Å². The van der Waals surface area contributed by atoms with E-state index in [0.717, 1.165) is 19.4 Å². The first-order chi connectivity index (χ1) is 8.48. The summed E-state index contributed by atoms with van der Waals surface area (Å²) in [6.07, 6.45) is 2.00. The van der Waals surface area contributed by atoms with Gasteiger partial charge in [-0.1, -0.05) is 12.1 Å². The lowest BCUT2D eigenvalue weighted by atomic mass is 9.89. The summed E-state index contributed by atoms with van der Waals surface area (Å²) in [5.74, 6) is 0.212. The third-order valence-corrected chi connectivity index (χ3v) is 3.44. The van der Waals surface area contributed by atoms with Crippen molar-refractivity contribution in [1.29, 1.82) is 0 Å². The van der Waals surface area contributed by atoms with Crippen LogP contribution in [0.25, 0.3) is 0 Å². The van der Waals surface area contributed by atoms with Crippen molar-refractivity contribution in [1.82, 2.24) is 5.32 Å². The van der Waals surface area contributed by atoms with Gasteiger partial charge in [0.1, 0.15) is 5.82 Å². The lowest BCUT2D eigenvalue weighted by Gasteiger charge is -2.26. The molecule has 1 atom stereocenters. The lowest BCUT2D eigenvalue weighted by Crippen LogP contribution is -2.25. The predicted octanol–water partition coefficient (Wildman–Crippen LogP) is 3.33. The SMILES string of the molecule is CNCC(CCC(C)(C)OC)c1ccc(F)cc1. The van der Waals surface area contributed by atoms with Gasteiger partial charge in [-0.15, -0.1) is 0 Å². The average molecular weight is 253 g/mol. The highest BCUT2D eigenvalue weighted by Crippen LogP contribution is 2.26. The van der Waals surface area contributed by atoms with Crippen molar-refractivity contribution in [2.45, 2.75) is 38.2 Å². The number of benzene rings is 1. The first-order valence-electron chi connectivity index (χ1n) is 6.44. The molecule has 1 aromatic rings. The zero-order chi connectivity index (χ0) is 13.6. The summed E-state index contributed by atoms with van der Waals surface area (Å²) in [7, 11) is 3.68. The number of likely N-dealkylation sites (N-methyl/N-ethyl adjacent to an activating group) is 1. The van der Waals surface area contributed by atoms with Crippen molar-refractivity contribution in [3.8, 4) is 0 Å². The summed E-state index contributed by atoms with van der Waals surface area (Å²) in [4.78, 5) is 0. The van der Waals surface area contributed by atoms with Gasteiger partial charge in [-0.05, 0) is 57.4 Å². The molecule has 0 radical (unpaired) electrons. The molecule has 1 aromatic carbocycles. The van der Waals surface area contributed by atoms with E-state index < -0.39 is 0 Å². The minimum absolute atomic E-state index is 0.105. The molecule has 0 aromatic heterocycles. The summed E-state index contributed by atoms with van der Waals surface area (Å²) in [6.45, 7) is 5.08. The highest BCUT2D eigenvalue weighted by atomic mass is 19.1. The van der Waals surface area contributed by atoms with E-state index in [0.29, 0.717) is 5.92 Å². The van der Waals surface area contributed by atoms with Gasteiger partial charge in [-0.3, -0.25) is 0 Å². The van der Waals surface area contributed by atoms with E-state index in [9.17, 15) is 4.39 Å². The second-order valence-corrected chi connectivity index (χ2v) is 5.31. The van der Waals surface area contributed by atoms with Gasteiger partial charge < -0.3 is 10.1 Å². The second kappa shape index (κ2) is 6.86. The monoisotopic (exact) mass is 253 g/mol. The van der Waals surface area contributed by atoms with Gasteiger partial charge in [0.15, 0.2) is 0 Å². The molecule has 0 amide bonds. The van der Waals surface area contributed by atoms with Crippen LogP contribution in [-0.2, 0) is 4.74 Å². The van der Waals surface area contributed by atoms with Crippen LogP contribution in [0.5, 0.6) is 0 Å². The maximum absolute atomic E-state index is 12.9. The van der Waals surface area contributed by atoms with Gasteiger partial charge in [0.2, 0.25) is 0 Å². The van der Waals surface area contributed by atoms with Crippen molar-refractivity contribution >= 4 is 0 Å². The molecule has 0 aliphatic rings. The Labute approximate surface area is 110 Å². The van der Waals surface area contributed by atoms with Crippen LogP contribution in [0.3, 0.4) is 0 Å². The van der Waals surface area contributed by atoms with Crippen LogP contribution in [0.2, 0.25) is 0 Å². The number of hydrogen-bond donors (Lipinski definition) is 1. The zero-order valence-corrected chi connectivity index (χ0v) is 11.8. The quantitative estimate of drug-likeness (QED) is 0.804. The van der Waals surface area contributed by atoms with Crippen molar-refractivity contribution in [3.63, 3.8) is 0 Å². The van der Waals surface area contributed by atoms with E-state index in [1.807, 2.05) is 19.2 Å². The molecule has 0 saturated heterocycles. The van der Waals surface area contributed by atoms with Gasteiger partial charge in [0.05, 0.1) is 5.60 Å². The summed E-state index contributed by atoms with van der Waals surface area (Å²) in [6, 6.07) is 6.80. The van der Waals surface area contributed by atoms with Crippen LogP contribution in [-0.4, -0.2) is 26.3 Å². The fourth-order valence-electron chi connectivity index (χ4n) is 1.99. The number of nitrogens with one attached hydrogen (secondary N) is 1. The first-order valence-corrected chi connectivity index (χ1v) is 6.44. The van der Waals surface area contributed by atoms with E-state index in [1.54, 1.807) is 7.11 Å². The molecule has 18 heavy (non-hydrogen) atoms. The van der Waals surface area contributed by atoms with Gasteiger partial charge in [-0.25, -0.2) is 4.39 Å². The van der Waals surface area contributed by atoms with Crippen LogP contribution in [0, 0.1) is 5.82 Å². The van der Waals surface area contributed by atoms with Gasteiger partial charge >= 0.3 is 0 Å². The molecule has 102 valence electrons. The first kappa shape index (κ1) is 15.1. The fraction of sp³-hybridized carbons (Fsp3) is 0.600.